The first-order valence-electron chi connectivity index (χ1n) is 7.27. The molecule has 5 heteroatoms. The largest absolute Gasteiger partial charge is 0.379 e. The summed E-state index contributed by atoms with van der Waals surface area (Å²) in [7, 11) is 0. The average molecular weight is 274 g/mol. The van der Waals surface area contributed by atoms with Gasteiger partial charge in [0.25, 0.3) is 0 Å². The monoisotopic (exact) mass is 274 g/mol. The van der Waals surface area contributed by atoms with Crippen LogP contribution in [0.15, 0.2) is 30.6 Å². The number of ether oxygens (including phenoxy) is 1. The maximum Gasteiger partial charge on any atom is 0.0706 e. The van der Waals surface area contributed by atoms with Crippen LogP contribution >= 0.6 is 0 Å². The number of nitrogens with zero attached hydrogens (tertiary/aromatic N) is 3. The van der Waals surface area contributed by atoms with Gasteiger partial charge >= 0.3 is 0 Å². The topological polar surface area (TPSA) is 41.8 Å². The van der Waals surface area contributed by atoms with Crippen molar-refractivity contribution in [2.24, 2.45) is 0 Å². The molecular weight excluding hydrogens is 252 g/mol. The zero-order valence-corrected chi connectivity index (χ0v) is 12.0. The fraction of sp³-hybridized carbons (Fsp3) is 0.533. The summed E-state index contributed by atoms with van der Waals surface area (Å²) < 4.78 is 7.30. The number of hydrogen-bond donors (Lipinski definition) is 1. The van der Waals surface area contributed by atoms with Crippen LogP contribution in [0.4, 0.5) is 0 Å². The van der Waals surface area contributed by atoms with E-state index in [1.54, 1.807) is 0 Å². The molecule has 108 valence electrons. The van der Waals surface area contributed by atoms with E-state index in [1.807, 2.05) is 23.0 Å². The van der Waals surface area contributed by atoms with Crippen LogP contribution in [-0.2, 0) is 11.3 Å². The van der Waals surface area contributed by atoms with Gasteiger partial charge in [-0.15, -0.1) is 0 Å². The van der Waals surface area contributed by atoms with Gasteiger partial charge in [-0.25, -0.2) is 4.52 Å². The molecule has 0 aromatic carbocycles. The lowest BCUT2D eigenvalue weighted by atomic mass is 10.2. The highest BCUT2D eigenvalue weighted by atomic mass is 16.5. The van der Waals surface area contributed by atoms with Crippen molar-refractivity contribution >= 4 is 5.52 Å². The van der Waals surface area contributed by atoms with E-state index in [1.165, 1.54) is 11.1 Å². The van der Waals surface area contributed by atoms with Crippen molar-refractivity contribution in [2.45, 2.75) is 19.5 Å². The lowest BCUT2D eigenvalue weighted by molar-refractivity contribution is 0.0343. The first kappa shape index (κ1) is 13.5. The van der Waals surface area contributed by atoms with Crippen molar-refractivity contribution in [1.29, 1.82) is 0 Å². The van der Waals surface area contributed by atoms with Gasteiger partial charge in [-0.3, -0.25) is 4.90 Å². The molecule has 1 atom stereocenters. The Morgan fingerprint density at radius 2 is 2.20 bits per heavy atom. The first-order chi connectivity index (χ1) is 9.83. The summed E-state index contributed by atoms with van der Waals surface area (Å²) in [5.74, 6) is 0. The zero-order valence-electron chi connectivity index (χ0n) is 12.0. The predicted octanol–water partition coefficient (Wildman–Crippen LogP) is 1.14. The quantitative estimate of drug-likeness (QED) is 0.888. The van der Waals surface area contributed by atoms with E-state index in [2.05, 4.69) is 34.4 Å². The standard InChI is InChI=1S/C15H22N4O/c1-13(12-18-6-8-20-9-7-18)16-10-14-11-17-19-5-3-2-4-15(14)19/h2-5,11,13,16H,6-10,12H2,1H3. The molecule has 0 aliphatic carbocycles. The van der Waals surface area contributed by atoms with Gasteiger partial charge in [-0.2, -0.15) is 5.10 Å². The number of hydrogen-bond acceptors (Lipinski definition) is 4. The Balaban J connectivity index is 1.53. The van der Waals surface area contributed by atoms with Gasteiger partial charge in [-0.05, 0) is 19.1 Å². The lowest BCUT2D eigenvalue weighted by Gasteiger charge is -2.29. The Morgan fingerprint density at radius 3 is 3.05 bits per heavy atom. The minimum atomic E-state index is 0.465. The summed E-state index contributed by atoms with van der Waals surface area (Å²) in [6.45, 7) is 7.98. The molecule has 3 heterocycles. The molecule has 1 saturated heterocycles. The molecule has 1 fully saturated rings. The molecule has 3 rings (SSSR count). The van der Waals surface area contributed by atoms with Crippen LogP contribution in [-0.4, -0.2) is 53.4 Å². The number of morpholine rings is 1. The minimum Gasteiger partial charge on any atom is -0.379 e. The third-order valence-corrected chi connectivity index (χ3v) is 3.78. The molecule has 0 saturated carbocycles. The van der Waals surface area contributed by atoms with Crippen LogP contribution < -0.4 is 5.32 Å². The molecule has 1 N–H and O–H groups in total. The normalized spacial score (nSPS) is 18.4. The fourth-order valence-electron chi connectivity index (χ4n) is 2.64. The van der Waals surface area contributed by atoms with Crippen LogP contribution in [0.25, 0.3) is 5.52 Å². The lowest BCUT2D eigenvalue weighted by Crippen LogP contribution is -2.44. The van der Waals surface area contributed by atoms with Crippen molar-refractivity contribution < 1.29 is 4.74 Å². The maximum atomic E-state index is 5.38. The van der Waals surface area contributed by atoms with Gasteiger partial charge in [0.2, 0.25) is 0 Å². The van der Waals surface area contributed by atoms with Gasteiger partial charge in [0.05, 0.1) is 24.9 Å². The molecule has 5 nitrogen and oxygen atoms in total. The van der Waals surface area contributed by atoms with Crippen molar-refractivity contribution in [3.8, 4) is 0 Å². The summed E-state index contributed by atoms with van der Waals surface area (Å²) >= 11 is 0. The number of aromatic nitrogens is 2. The van der Waals surface area contributed by atoms with Crippen LogP contribution in [0, 0.1) is 0 Å². The smallest absolute Gasteiger partial charge is 0.0706 e. The van der Waals surface area contributed by atoms with Gasteiger partial charge in [-0.1, -0.05) is 6.07 Å². The molecule has 2 aromatic heterocycles. The molecule has 0 radical (unpaired) electrons. The average Bonchev–Trinajstić information content (AvgIpc) is 2.89. The SMILES string of the molecule is CC(CN1CCOCC1)NCc1cnn2ccccc12. The highest BCUT2D eigenvalue weighted by molar-refractivity contribution is 5.53. The second kappa shape index (κ2) is 6.35. The van der Waals surface area contributed by atoms with E-state index >= 15 is 0 Å². The maximum absolute atomic E-state index is 5.38. The van der Waals surface area contributed by atoms with Crippen molar-refractivity contribution in [3.63, 3.8) is 0 Å². The second-order valence-electron chi connectivity index (χ2n) is 5.40. The number of rotatable bonds is 5. The summed E-state index contributed by atoms with van der Waals surface area (Å²) in [5, 5.41) is 7.95. The first-order valence-corrected chi connectivity index (χ1v) is 7.27. The molecule has 1 aliphatic rings. The van der Waals surface area contributed by atoms with Crippen molar-refractivity contribution in [2.75, 3.05) is 32.8 Å². The molecule has 1 unspecified atom stereocenters. The van der Waals surface area contributed by atoms with Crippen LogP contribution in [0.3, 0.4) is 0 Å². The number of pyridine rings is 1. The van der Waals surface area contributed by atoms with Gasteiger partial charge in [0, 0.05) is 44.0 Å². The van der Waals surface area contributed by atoms with Crippen LogP contribution in [0.2, 0.25) is 0 Å². The third-order valence-electron chi connectivity index (χ3n) is 3.78. The summed E-state index contributed by atoms with van der Waals surface area (Å²) in [5.41, 5.74) is 2.43. The highest BCUT2D eigenvalue weighted by Crippen LogP contribution is 2.09. The second-order valence-corrected chi connectivity index (χ2v) is 5.40. The third kappa shape index (κ3) is 3.17. The summed E-state index contributed by atoms with van der Waals surface area (Å²) in [4.78, 5) is 2.46. The molecule has 0 bridgehead atoms. The molecule has 1 aliphatic heterocycles. The van der Waals surface area contributed by atoms with E-state index in [9.17, 15) is 0 Å². The predicted molar refractivity (Wildman–Crippen MR) is 78.8 cm³/mol. The summed E-state index contributed by atoms with van der Waals surface area (Å²) in [6.07, 6.45) is 3.93. The fourth-order valence-corrected chi connectivity index (χ4v) is 2.64. The highest BCUT2D eigenvalue weighted by Gasteiger charge is 2.13. The van der Waals surface area contributed by atoms with Crippen LogP contribution in [0.1, 0.15) is 12.5 Å². The zero-order chi connectivity index (χ0) is 13.8. The molecule has 0 amide bonds. The Hall–Kier alpha value is -1.43. The molecular formula is C15H22N4O. The summed E-state index contributed by atoms with van der Waals surface area (Å²) in [6, 6.07) is 6.62. The Kier molecular flexibility index (Phi) is 4.30. The molecule has 2 aromatic rings. The van der Waals surface area contributed by atoms with E-state index in [0.717, 1.165) is 39.4 Å². The van der Waals surface area contributed by atoms with E-state index in [4.69, 9.17) is 4.74 Å². The Bertz CT molecular complexity index is 548. The van der Waals surface area contributed by atoms with Crippen molar-refractivity contribution in [3.05, 3.63) is 36.2 Å². The number of fused-ring (bicyclic) bond motifs is 1. The van der Waals surface area contributed by atoms with Gasteiger partial charge in [0.1, 0.15) is 0 Å². The molecule has 0 spiro atoms. The van der Waals surface area contributed by atoms with E-state index in [0.29, 0.717) is 6.04 Å². The van der Waals surface area contributed by atoms with Gasteiger partial charge in [0.15, 0.2) is 0 Å². The Labute approximate surface area is 119 Å². The van der Waals surface area contributed by atoms with E-state index in [-0.39, 0.29) is 0 Å². The minimum absolute atomic E-state index is 0.465. The molecule has 20 heavy (non-hydrogen) atoms. The van der Waals surface area contributed by atoms with Crippen molar-refractivity contribution in [1.82, 2.24) is 19.8 Å². The Morgan fingerprint density at radius 1 is 1.35 bits per heavy atom. The van der Waals surface area contributed by atoms with Gasteiger partial charge < -0.3 is 10.1 Å². The van der Waals surface area contributed by atoms with Crippen LogP contribution in [0.5, 0.6) is 0 Å². The number of nitrogens with one attached hydrogen (secondary N) is 1. The van der Waals surface area contributed by atoms with E-state index < -0.39 is 0 Å².